The molecule has 1 unspecified atom stereocenters. The molecule has 0 heterocycles. The van der Waals surface area contributed by atoms with E-state index in [2.05, 4.69) is 4.72 Å². The molecule has 118 valence electrons. The van der Waals surface area contributed by atoms with Gasteiger partial charge in [0.15, 0.2) is 0 Å². The van der Waals surface area contributed by atoms with Crippen molar-refractivity contribution in [1.82, 2.24) is 4.72 Å². The molecule has 1 saturated carbocycles. The summed E-state index contributed by atoms with van der Waals surface area (Å²) in [5.41, 5.74) is 0.788. The minimum absolute atomic E-state index is 0.00247. The third-order valence-electron chi connectivity index (χ3n) is 4.19. The standard InChI is InChI=1S/C16H25NO3S/c18-12-11-16(15-9-5-2-6-10-15)17-21(19,20)13-14-7-3-1-4-8-14/h1,3-4,7-8,15-18H,2,5-6,9-13H2. The molecule has 5 heteroatoms. The van der Waals surface area contributed by atoms with Gasteiger partial charge in [-0.15, -0.1) is 0 Å². The molecule has 2 N–H and O–H groups in total. The van der Waals surface area contributed by atoms with Crippen molar-refractivity contribution in [3.63, 3.8) is 0 Å². The van der Waals surface area contributed by atoms with Crippen LogP contribution in [-0.4, -0.2) is 26.2 Å². The topological polar surface area (TPSA) is 66.4 Å². The van der Waals surface area contributed by atoms with Gasteiger partial charge in [-0.05, 0) is 30.7 Å². The molecule has 1 fully saturated rings. The first kappa shape index (κ1) is 16.5. The predicted octanol–water partition coefficient (Wildman–Crippen LogP) is 2.44. The second kappa shape index (κ2) is 7.92. The van der Waals surface area contributed by atoms with Gasteiger partial charge in [0.2, 0.25) is 10.0 Å². The highest BCUT2D eigenvalue weighted by Gasteiger charge is 2.27. The highest BCUT2D eigenvalue weighted by atomic mass is 32.2. The Kier molecular flexibility index (Phi) is 6.21. The van der Waals surface area contributed by atoms with Crippen LogP contribution in [0.3, 0.4) is 0 Å². The number of aliphatic hydroxyl groups excluding tert-OH is 1. The van der Waals surface area contributed by atoms with Crippen molar-refractivity contribution in [3.8, 4) is 0 Å². The summed E-state index contributed by atoms with van der Waals surface area (Å²) in [6.07, 6.45) is 6.16. The smallest absolute Gasteiger partial charge is 0.216 e. The van der Waals surface area contributed by atoms with Gasteiger partial charge in [-0.25, -0.2) is 13.1 Å². The maximum absolute atomic E-state index is 12.3. The maximum Gasteiger partial charge on any atom is 0.216 e. The molecule has 4 nitrogen and oxygen atoms in total. The summed E-state index contributed by atoms with van der Waals surface area (Å²) in [4.78, 5) is 0. The van der Waals surface area contributed by atoms with E-state index in [0.29, 0.717) is 12.3 Å². The molecular formula is C16H25NO3S. The molecule has 0 spiro atoms. The summed E-state index contributed by atoms with van der Waals surface area (Å²) >= 11 is 0. The van der Waals surface area contributed by atoms with Crippen molar-refractivity contribution in [2.24, 2.45) is 5.92 Å². The Hall–Kier alpha value is -0.910. The molecule has 1 aliphatic rings. The average molecular weight is 311 g/mol. The van der Waals surface area contributed by atoms with Crippen LogP contribution in [0.4, 0.5) is 0 Å². The summed E-state index contributed by atoms with van der Waals surface area (Å²) in [6, 6.07) is 9.07. The van der Waals surface area contributed by atoms with E-state index >= 15 is 0 Å². The van der Waals surface area contributed by atoms with Gasteiger partial charge in [-0.1, -0.05) is 49.6 Å². The van der Waals surface area contributed by atoms with Crippen molar-refractivity contribution in [2.75, 3.05) is 6.61 Å². The van der Waals surface area contributed by atoms with Crippen LogP contribution in [-0.2, 0) is 15.8 Å². The molecule has 1 aliphatic carbocycles. The zero-order valence-corrected chi connectivity index (χ0v) is 13.2. The molecule has 1 aromatic carbocycles. The minimum Gasteiger partial charge on any atom is -0.396 e. The van der Waals surface area contributed by atoms with Crippen LogP contribution in [0.25, 0.3) is 0 Å². The van der Waals surface area contributed by atoms with Crippen LogP contribution in [0.5, 0.6) is 0 Å². The number of hydrogen-bond donors (Lipinski definition) is 2. The Morgan fingerprint density at radius 2 is 1.81 bits per heavy atom. The Morgan fingerprint density at radius 3 is 2.43 bits per heavy atom. The van der Waals surface area contributed by atoms with Crippen LogP contribution in [0.15, 0.2) is 30.3 Å². The fraction of sp³-hybridized carbons (Fsp3) is 0.625. The average Bonchev–Trinajstić information content (AvgIpc) is 2.48. The van der Waals surface area contributed by atoms with Gasteiger partial charge in [0.05, 0.1) is 5.75 Å². The Balaban J connectivity index is 2.00. The lowest BCUT2D eigenvalue weighted by molar-refractivity contribution is 0.221. The second-order valence-corrected chi connectivity index (χ2v) is 7.63. The zero-order valence-electron chi connectivity index (χ0n) is 12.4. The Morgan fingerprint density at radius 1 is 1.14 bits per heavy atom. The number of nitrogens with one attached hydrogen (secondary N) is 1. The van der Waals surface area contributed by atoms with E-state index in [0.717, 1.165) is 31.2 Å². The molecule has 2 rings (SSSR count). The molecule has 21 heavy (non-hydrogen) atoms. The number of hydrogen-bond acceptors (Lipinski definition) is 3. The highest BCUT2D eigenvalue weighted by Crippen LogP contribution is 2.28. The number of aliphatic hydroxyl groups is 1. The van der Waals surface area contributed by atoms with Crippen molar-refractivity contribution in [2.45, 2.75) is 50.3 Å². The van der Waals surface area contributed by atoms with E-state index in [-0.39, 0.29) is 18.4 Å². The second-order valence-electron chi connectivity index (χ2n) is 5.88. The molecule has 0 aliphatic heterocycles. The fourth-order valence-electron chi connectivity index (χ4n) is 3.13. The van der Waals surface area contributed by atoms with E-state index in [1.54, 1.807) is 0 Å². The molecule has 0 radical (unpaired) electrons. The molecule has 0 aromatic heterocycles. The van der Waals surface area contributed by atoms with Crippen LogP contribution in [0.1, 0.15) is 44.1 Å². The van der Waals surface area contributed by atoms with Gasteiger partial charge in [-0.3, -0.25) is 0 Å². The SMILES string of the molecule is O=S(=O)(Cc1ccccc1)NC(CCO)C1CCCCC1. The third kappa shape index (κ3) is 5.41. The molecule has 0 saturated heterocycles. The van der Waals surface area contributed by atoms with Crippen molar-refractivity contribution < 1.29 is 13.5 Å². The quantitative estimate of drug-likeness (QED) is 0.813. The minimum atomic E-state index is -3.37. The predicted molar refractivity (Wildman–Crippen MR) is 84.3 cm³/mol. The monoisotopic (exact) mass is 311 g/mol. The first-order valence-corrected chi connectivity index (χ1v) is 9.41. The van der Waals surface area contributed by atoms with Crippen molar-refractivity contribution in [1.29, 1.82) is 0 Å². The van der Waals surface area contributed by atoms with E-state index in [1.165, 1.54) is 6.42 Å². The number of benzene rings is 1. The van der Waals surface area contributed by atoms with E-state index in [1.807, 2.05) is 30.3 Å². The summed E-state index contributed by atoms with van der Waals surface area (Å²) in [5.74, 6) is 0.360. The molecule has 1 atom stereocenters. The first-order chi connectivity index (χ1) is 10.1. The van der Waals surface area contributed by atoms with E-state index in [9.17, 15) is 13.5 Å². The van der Waals surface area contributed by atoms with Gasteiger partial charge in [0.25, 0.3) is 0 Å². The van der Waals surface area contributed by atoms with Gasteiger partial charge in [0.1, 0.15) is 0 Å². The van der Waals surface area contributed by atoms with Crippen LogP contribution in [0, 0.1) is 5.92 Å². The lowest BCUT2D eigenvalue weighted by atomic mass is 9.83. The molecule has 1 aromatic rings. The highest BCUT2D eigenvalue weighted by molar-refractivity contribution is 7.88. The lowest BCUT2D eigenvalue weighted by Gasteiger charge is -2.30. The van der Waals surface area contributed by atoms with Gasteiger partial charge >= 0.3 is 0 Å². The van der Waals surface area contributed by atoms with Crippen molar-refractivity contribution >= 4 is 10.0 Å². The van der Waals surface area contributed by atoms with Gasteiger partial charge < -0.3 is 5.11 Å². The Bertz CT molecular complexity index is 510. The molecular weight excluding hydrogens is 286 g/mol. The number of rotatable bonds is 7. The summed E-state index contributed by atoms with van der Waals surface area (Å²) in [5, 5.41) is 9.22. The first-order valence-electron chi connectivity index (χ1n) is 7.75. The number of sulfonamides is 1. The lowest BCUT2D eigenvalue weighted by Crippen LogP contribution is -2.42. The molecule has 0 amide bonds. The Labute approximate surface area is 127 Å². The van der Waals surface area contributed by atoms with Crippen molar-refractivity contribution in [3.05, 3.63) is 35.9 Å². The maximum atomic E-state index is 12.3. The summed E-state index contributed by atoms with van der Waals surface area (Å²) in [7, 11) is -3.37. The summed E-state index contributed by atoms with van der Waals surface area (Å²) < 4.78 is 27.5. The summed E-state index contributed by atoms with van der Waals surface area (Å²) in [6.45, 7) is 0.0228. The molecule has 0 bridgehead atoms. The van der Waals surface area contributed by atoms with Gasteiger partial charge in [-0.2, -0.15) is 0 Å². The largest absolute Gasteiger partial charge is 0.396 e. The van der Waals surface area contributed by atoms with E-state index in [4.69, 9.17) is 0 Å². The zero-order chi connectivity index (χ0) is 15.1. The van der Waals surface area contributed by atoms with Crippen LogP contribution < -0.4 is 4.72 Å². The third-order valence-corrected chi connectivity index (χ3v) is 5.56. The van der Waals surface area contributed by atoms with Crippen LogP contribution in [0.2, 0.25) is 0 Å². The fourth-order valence-corrected chi connectivity index (χ4v) is 4.62. The van der Waals surface area contributed by atoms with E-state index < -0.39 is 10.0 Å². The normalized spacial score (nSPS) is 18.5. The van der Waals surface area contributed by atoms with Crippen LogP contribution >= 0.6 is 0 Å². The van der Waals surface area contributed by atoms with Gasteiger partial charge in [0, 0.05) is 12.6 Å².